The number of rotatable bonds is 8. The molecule has 2 atom stereocenters. The SMILES string of the molecule is COc1ccc(C(=O)[C@H]2C(=O)c3cc(OC)c(OC)c(OC)c3[C@@H]2c2ccc(OC)cc2)cc1. The average molecular weight is 462 g/mol. The van der Waals surface area contributed by atoms with E-state index in [-0.39, 0.29) is 11.6 Å². The van der Waals surface area contributed by atoms with Gasteiger partial charge in [0.15, 0.2) is 23.1 Å². The molecule has 0 saturated carbocycles. The molecule has 0 fully saturated rings. The zero-order valence-electron chi connectivity index (χ0n) is 19.7. The zero-order valence-corrected chi connectivity index (χ0v) is 19.7. The predicted molar refractivity (Wildman–Crippen MR) is 126 cm³/mol. The van der Waals surface area contributed by atoms with E-state index in [1.807, 2.05) is 12.1 Å². The van der Waals surface area contributed by atoms with Crippen LogP contribution in [0.3, 0.4) is 0 Å². The summed E-state index contributed by atoms with van der Waals surface area (Å²) < 4.78 is 27.2. The Hall–Kier alpha value is -4.00. The summed E-state index contributed by atoms with van der Waals surface area (Å²) in [6, 6.07) is 15.7. The van der Waals surface area contributed by atoms with E-state index in [2.05, 4.69) is 0 Å². The van der Waals surface area contributed by atoms with E-state index in [9.17, 15) is 9.59 Å². The summed E-state index contributed by atoms with van der Waals surface area (Å²) in [6.45, 7) is 0. The smallest absolute Gasteiger partial charge is 0.203 e. The molecule has 1 aliphatic rings. The molecule has 0 saturated heterocycles. The molecule has 3 aromatic carbocycles. The van der Waals surface area contributed by atoms with E-state index in [1.54, 1.807) is 56.7 Å². The second kappa shape index (κ2) is 9.47. The van der Waals surface area contributed by atoms with Crippen molar-refractivity contribution in [1.29, 1.82) is 0 Å². The molecule has 176 valence electrons. The molecule has 7 heteroatoms. The van der Waals surface area contributed by atoms with Crippen molar-refractivity contribution in [2.45, 2.75) is 5.92 Å². The molecule has 0 spiro atoms. The minimum absolute atomic E-state index is 0.287. The van der Waals surface area contributed by atoms with E-state index in [1.165, 1.54) is 21.3 Å². The van der Waals surface area contributed by atoms with Crippen molar-refractivity contribution in [3.05, 3.63) is 76.9 Å². The molecular formula is C27H26O7. The molecule has 1 aliphatic carbocycles. The molecule has 0 aliphatic heterocycles. The minimum Gasteiger partial charge on any atom is -0.497 e. The Bertz CT molecular complexity index is 1210. The topological polar surface area (TPSA) is 80.3 Å². The van der Waals surface area contributed by atoms with E-state index in [0.717, 1.165) is 5.56 Å². The van der Waals surface area contributed by atoms with E-state index < -0.39 is 11.8 Å². The molecule has 4 rings (SSSR count). The van der Waals surface area contributed by atoms with Crippen LogP contribution in [0.25, 0.3) is 0 Å². The number of ether oxygens (including phenoxy) is 5. The summed E-state index contributed by atoms with van der Waals surface area (Å²) >= 11 is 0. The van der Waals surface area contributed by atoms with Crippen LogP contribution in [0.5, 0.6) is 28.7 Å². The van der Waals surface area contributed by atoms with E-state index >= 15 is 0 Å². The minimum atomic E-state index is -0.984. The Labute approximate surface area is 198 Å². The van der Waals surface area contributed by atoms with Crippen molar-refractivity contribution in [2.75, 3.05) is 35.5 Å². The van der Waals surface area contributed by atoms with Gasteiger partial charge >= 0.3 is 0 Å². The molecule has 0 radical (unpaired) electrons. The first-order valence-electron chi connectivity index (χ1n) is 10.7. The number of hydrogen-bond acceptors (Lipinski definition) is 7. The molecule has 34 heavy (non-hydrogen) atoms. The van der Waals surface area contributed by atoms with Gasteiger partial charge < -0.3 is 23.7 Å². The highest BCUT2D eigenvalue weighted by atomic mass is 16.5. The van der Waals surface area contributed by atoms with Crippen molar-refractivity contribution >= 4 is 11.6 Å². The lowest BCUT2D eigenvalue weighted by Crippen LogP contribution is -2.25. The first-order valence-corrected chi connectivity index (χ1v) is 10.7. The quantitative estimate of drug-likeness (QED) is 0.359. The zero-order chi connectivity index (χ0) is 24.4. The number of carbonyl (C=O) groups is 2. The van der Waals surface area contributed by atoms with Gasteiger partial charge in [-0.1, -0.05) is 12.1 Å². The van der Waals surface area contributed by atoms with Gasteiger partial charge in [-0.2, -0.15) is 0 Å². The Morgan fingerprint density at radius 1 is 0.706 bits per heavy atom. The van der Waals surface area contributed by atoms with Gasteiger partial charge in [-0.15, -0.1) is 0 Å². The lowest BCUT2D eigenvalue weighted by molar-refractivity contribution is 0.0811. The third-order valence-electron chi connectivity index (χ3n) is 6.19. The summed E-state index contributed by atoms with van der Waals surface area (Å²) in [4.78, 5) is 27.5. The van der Waals surface area contributed by atoms with Crippen LogP contribution in [0.1, 0.15) is 37.8 Å². The summed E-state index contributed by atoms with van der Waals surface area (Å²) in [6.07, 6.45) is 0. The fraction of sp³-hybridized carbons (Fsp3) is 0.259. The number of benzene rings is 3. The second-order valence-electron chi connectivity index (χ2n) is 7.79. The monoisotopic (exact) mass is 462 g/mol. The third-order valence-corrected chi connectivity index (χ3v) is 6.19. The summed E-state index contributed by atoms with van der Waals surface area (Å²) in [5.74, 6) is 0.244. The Morgan fingerprint density at radius 3 is 1.76 bits per heavy atom. The highest BCUT2D eigenvalue weighted by molar-refractivity contribution is 6.20. The molecular weight excluding hydrogens is 436 g/mol. The molecule has 0 amide bonds. The summed E-state index contributed by atoms with van der Waals surface area (Å²) in [5.41, 5.74) is 2.18. The van der Waals surface area contributed by atoms with Crippen LogP contribution >= 0.6 is 0 Å². The molecule has 0 unspecified atom stereocenters. The number of carbonyl (C=O) groups excluding carboxylic acids is 2. The van der Waals surface area contributed by atoms with Crippen molar-refractivity contribution < 1.29 is 33.3 Å². The molecule has 0 N–H and O–H groups in total. The maximum Gasteiger partial charge on any atom is 0.203 e. The van der Waals surface area contributed by atoms with Gasteiger partial charge in [-0.3, -0.25) is 9.59 Å². The maximum atomic E-state index is 13.8. The third kappa shape index (κ3) is 3.73. The van der Waals surface area contributed by atoms with Crippen LogP contribution in [-0.2, 0) is 0 Å². The highest BCUT2D eigenvalue weighted by Crippen LogP contribution is 2.54. The second-order valence-corrected chi connectivity index (χ2v) is 7.79. The van der Waals surface area contributed by atoms with Crippen LogP contribution in [-0.4, -0.2) is 47.1 Å². The fourth-order valence-corrected chi connectivity index (χ4v) is 4.55. The van der Waals surface area contributed by atoms with Crippen molar-refractivity contribution in [3.63, 3.8) is 0 Å². The van der Waals surface area contributed by atoms with Crippen LogP contribution in [0.15, 0.2) is 54.6 Å². The number of methoxy groups -OCH3 is 5. The molecule has 3 aromatic rings. The molecule has 0 heterocycles. The normalized spacial score (nSPS) is 16.6. The first-order chi connectivity index (χ1) is 16.5. The van der Waals surface area contributed by atoms with Gasteiger partial charge in [0.1, 0.15) is 11.5 Å². The van der Waals surface area contributed by atoms with Gasteiger partial charge in [0, 0.05) is 22.6 Å². The Morgan fingerprint density at radius 2 is 1.26 bits per heavy atom. The molecule has 7 nitrogen and oxygen atoms in total. The lowest BCUT2D eigenvalue weighted by atomic mass is 9.81. The van der Waals surface area contributed by atoms with Crippen LogP contribution < -0.4 is 23.7 Å². The number of ketones is 2. The van der Waals surface area contributed by atoms with Gasteiger partial charge in [0.25, 0.3) is 0 Å². The van der Waals surface area contributed by atoms with Crippen LogP contribution in [0.2, 0.25) is 0 Å². The van der Waals surface area contributed by atoms with Crippen molar-refractivity contribution in [1.82, 2.24) is 0 Å². The highest BCUT2D eigenvalue weighted by Gasteiger charge is 2.48. The molecule has 0 aromatic heterocycles. The van der Waals surface area contributed by atoms with Crippen LogP contribution in [0.4, 0.5) is 0 Å². The van der Waals surface area contributed by atoms with Gasteiger partial charge in [-0.25, -0.2) is 0 Å². The Kier molecular flexibility index (Phi) is 6.45. The van der Waals surface area contributed by atoms with Crippen molar-refractivity contribution in [3.8, 4) is 28.7 Å². The van der Waals surface area contributed by atoms with Gasteiger partial charge in [0.05, 0.1) is 41.5 Å². The van der Waals surface area contributed by atoms with Crippen LogP contribution in [0, 0.1) is 5.92 Å². The predicted octanol–water partition coefficient (Wildman–Crippen LogP) is 4.56. The lowest BCUT2D eigenvalue weighted by Gasteiger charge is -2.22. The maximum absolute atomic E-state index is 13.8. The van der Waals surface area contributed by atoms with Crippen molar-refractivity contribution in [2.24, 2.45) is 5.92 Å². The van der Waals surface area contributed by atoms with Gasteiger partial charge in [0.2, 0.25) is 5.75 Å². The van der Waals surface area contributed by atoms with E-state index in [4.69, 9.17) is 23.7 Å². The largest absolute Gasteiger partial charge is 0.497 e. The van der Waals surface area contributed by atoms with E-state index in [0.29, 0.717) is 45.4 Å². The number of hydrogen-bond donors (Lipinski definition) is 0. The first kappa shape index (κ1) is 23.2. The average Bonchev–Trinajstić information content (AvgIpc) is 3.18. The summed E-state index contributed by atoms with van der Waals surface area (Å²) in [7, 11) is 7.64. The fourth-order valence-electron chi connectivity index (χ4n) is 4.55. The van der Waals surface area contributed by atoms with Gasteiger partial charge in [-0.05, 0) is 48.0 Å². The summed E-state index contributed by atoms with van der Waals surface area (Å²) in [5, 5.41) is 0. The molecule has 0 bridgehead atoms. The standard InChI is InChI=1S/C27H26O7/c1-30-17-10-6-15(7-11-17)21-22-19(14-20(32-3)26(33-4)27(22)34-5)25(29)23(21)24(28)16-8-12-18(31-2)13-9-16/h6-14,21,23H,1-5H3/t21-,23-/m0/s1. The number of fused-ring (bicyclic) bond motifs is 1. The number of Topliss-reactive ketones (excluding diaryl/α,β-unsaturated/α-hetero) is 2. The Balaban J connectivity index is 1.93.